The van der Waals surface area contributed by atoms with Crippen LogP contribution in [0.2, 0.25) is 0 Å². The van der Waals surface area contributed by atoms with Gasteiger partial charge in [-0.3, -0.25) is 14.4 Å². The van der Waals surface area contributed by atoms with E-state index in [1.54, 1.807) is 68.4 Å². The van der Waals surface area contributed by atoms with Gasteiger partial charge in [0.25, 0.3) is 5.91 Å². The predicted molar refractivity (Wildman–Crippen MR) is 166 cm³/mol. The third-order valence-electron chi connectivity index (χ3n) is 5.07. The van der Waals surface area contributed by atoms with Gasteiger partial charge in [-0.2, -0.15) is 0 Å². The Bertz CT molecular complexity index is 1110. The van der Waals surface area contributed by atoms with E-state index >= 15 is 0 Å². The number of nitrogens with zero attached hydrogens (tertiary/aromatic N) is 1. The van der Waals surface area contributed by atoms with Crippen LogP contribution in [0.1, 0.15) is 79.6 Å². The Morgan fingerprint density at radius 1 is 0.644 bits per heavy atom. The molecule has 1 rings (SSSR count). The first-order valence-electron chi connectivity index (χ1n) is 14.7. The number of hydrogen-bond acceptors (Lipinski definition) is 10. The number of nitrogens with one attached hydrogen (secondary N) is 3. The molecule has 4 amide bonds. The van der Waals surface area contributed by atoms with E-state index in [1.165, 1.54) is 24.0 Å². The predicted octanol–water partition coefficient (Wildman–Crippen LogP) is 3.41. The van der Waals surface area contributed by atoms with Crippen molar-refractivity contribution < 1.29 is 47.7 Å². The SMILES string of the molecule is CC(=O)N(CCNC(=O)c1cc(OCCNC(=O)OC(C)(C)C)cc(OCCNC(=O)OC(C)(C)C)c1)CC(=O)OC(C)(C)C. The average Bonchev–Trinajstić information content (AvgIpc) is 2.85. The van der Waals surface area contributed by atoms with Crippen LogP contribution < -0.4 is 25.4 Å². The van der Waals surface area contributed by atoms with Gasteiger partial charge in [-0.05, 0) is 74.4 Å². The fourth-order valence-electron chi connectivity index (χ4n) is 3.43. The second kappa shape index (κ2) is 17.3. The smallest absolute Gasteiger partial charge is 0.407 e. The zero-order valence-electron chi connectivity index (χ0n) is 28.2. The van der Waals surface area contributed by atoms with E-state index in [1.807, 2.05) is 0 Å². The largest absolute Gasteiger partial charge is 0.492 e. The first-order chi connectivity index (χ1) is 20.6. The maximum atomic E-state index is 13.1. The fraction of sp³-hybridized carbons (Fsp3) is 0.645. The van der Waals surface area contributed by atoms with Gasteiger partial charge in [0, 0.05) is 31.6 Å². The highest BCUT2D eigenvalue weighted by Gasteiger charge is 2.21. The molecule has 3 N–H and O–H groups in total. The number of carbonyl (C=O) groups is 5. The summed E-state index contributed by atoms with van der Waals surface area (Å²) in [6.07, 6.45) is -1.18. The fourth-order valence-corrected chi connectivity index (χ4v) is 3.43. The van der Waals surface area contributed by atoms with E-state index in [2.05, 4.69) is 16.0 Å². The Morgan fingerprint density at radius 3 is 1.49 bits per heavy atom. The van der Waals surface area contributed by atoms with Crippen LogP contribution in [0.5, 0.6) is 11.5 Å². The molecule has 0 aliphatic carbocycles. The minimum absolute atomic E-state index is 0.0576. The first kappa shape index (κ1) is 38.8. The molecule has 1 aromatic rings. The number of amides is 4. The molecule has 0 bridgehead atoms. The molecular weight excluding hydrogens is 588 g/mol. The summed E-state index contributed by atoms with van der Waals surface area (Å²) in [6.45, 7) is 17.3. The second-order valence-electron chi connectivity index (χ2n) is 13.0. The van der Waals surface area contributed by atoms with Gasteiger partial charge < -0.3 is 44.5 Å². The molecule has 0 heterocycles. The third-order valence-corrected chi connectivity index (χ3v) is 5.07. The van der Waals surface area contributed by atoms with Gasteiger partial charge in [0.1, 0.15) is 48.1 Å². The lowest BCUT2D eigenvalue weighted by Gasteiger charge is -2.24. The topological polar surface area (TPSA) is 171 Å². The van der Waals surface area contributed by atoms with Gasteiger partial charge in [-0.15, -0.1) is 0 Å². The molecule has 254 valence electrons. The van der Waals surface area contributed by atoms with E-state index in [0.717, 1.165) is 0 Å². The summed E-state index contributed by atoms with van der Waals surface area (Å²) in [4.78, 5) is 62.4. The van der Waals surface area contributed by atoms with Gasteiger partial charge in [-0.25, -0.2) is 9.59 Å². The monoisotopic (exact) mass is 638 g/mol. The summed E-state index contributed by atoms with van der Waals surface area (Å²) in [6, 6.07) is 4.56. The van der Waals surface area contributed by atoms with Gasteiger partial charge >= 0.3 is 18.2 Å². The van der Waals surface area contributed by atoms with Crippen molar-refractivity contribution in [3.63, 3.8) is 0 Å². The number of esters is 1. The Hall–Kier alpha value is -4.23. The van der Waals surface area contributed by atoms with Gasteiger partial charge in [0.05, 0.1) is 13.1 Å². The second-order valence-corrected chi connectivity index (χ2v) is 13.0. The molecule has 0 fully saturated rings. The van der Waals surface area contributed by atoms with E-state index in [-0.39, 0.29) is 57.4 Å². The standard InChI is InChI=1S/C31H50N4O10/c1-21(36)35(20-25(37)43-29(2,3)4)14-11-32-26(38)22-17-23(41-15-12-33-27(39)44-30(5,6)7)19-24(18-22)42-16-13-34-28(40)45-31(8,9)10/h17-19H,11-16,20H2,1-10H3,(H,32,38)(H,33,39)(H,34,40). The highest BCUT2D eigenvalue weighted by molar-refractivity contribution is 5.95. The molecule has 0 aromatic heterocycles. The average molecular weight is 639 g/mol. The molecular formula is C31H50N4O10. The minimum atomic E-state index is -0.696. The lowest BCUT2D eigenvalue weighted by molar-refractivity contribution is -0.158. The Morgan fingerprint density at radius 2 is 1.09 bits per heavy atom. The van der Waals surface area contributed by atoms with Crippen LogP contribution in [-0.4, -0.2) is 97.6 Å². The van der Waals surface area contributed by atoms with Gasteiger partial charge in [0.2, 0.25) is 5.91 Å². The van der Waals surface area contributed by atoms with Crippen molar-refractivity contribution in [2.75, 3.05) is 45.9 Å². The molecule has 0 spiro atoms. The number of ether oxygens (including phenoxy) is 5. The maximum absolute atomic E-state index is 13.1. The lowest BCUT2D eigenvalue weighted by Crippen LogP contribution is -2.42. The highest BCUT2D eigenvalue weighted by Crippen LogP contribution is 2.23. The van der Waals surface area contributed by atoms with Crippen LogP contribution in [0.25, 0.3) is 0 Å². The van der Waals surface area contributed by atoms with Gasteiger partial charge in [0.15, 0.2) is 0 Å². The summed E-state index contributed by atoms with van der Waals surface area (Å²) in [7, 11) is 0. The van der Waals surface area contributed by atoms with Crippen molar-refractivity contribution in [1.82, 2.24) is 20.9 Å². The molecule has 0 atom stereocenters. The van der Waals surface area contributed by atoms with Crippen LogP contribution in [0, 0.1) is 0 Å². The Kier molecular flexibility index (Phi) is 14.9. The van der Waals surface area contributed by atoms with E-state index in [4.69, 9.17) is 23.7 Å². The van der Waals surface area contributed by atoms with Crippen molar-refractivity contribution in [3.8, 4) is 11.5 Å². The molecule has 0 radical (unpaired) electrons. The Balaban J connectivity index is 2.88. The van der Waals surface area contributed by atoms with Crippen molar-refractivity contribution in [2.24, 2.45) is 0 Å². The maximum Gasteiger partial charge on any atom is 0.407 e. The zero-order chi connectivity index (χ0) is 34.4. The number of alkyl carbamates (subject to hydrolysis) is 2. The number of carbonyl (C=O) groups excluding carboxylic acids is 5. The summed E-state index contributed by atoms with van der Waals surface area (Å²) < 4.78 is 27.2. The lowest BCUT2D eigenvalue weighted by atomic mass is 10.2. The zero-order valence-corrected chi connectivity index (χ0v) is 28.2. The third kappa shape index (κ3) is 18.9. The molecule has 0 saturated carbocycles. The molecule has 0 aliphatic heterocycles. The molecule has 0 unspecified atom stereocenters. The molecule has 45 heavy (non-hydrogen) atoms. The van der Waals surface area contributed by atoms with Crippen LogP contribution in [0.3, 0.4) is 0 Å². The number of hydrogen-bond donors (Lipinski definition) is 3. The van der Waals surface area contributed by atoms with Crippen molar-refractivity contribution in [3.05, 3.63) is 23.8 Å². The van der Waals surface area contributed by atoms with Crippen molar-refractivity contribution >= 4 is 30.0 Å². The van der Waals surface area contributed by atoms with Crippen LogP contribution in [0.15, 0.2) is 18.2 Å². The van der Waals surface area contributed by atoms with E-state index < -0.39 is 40.9 Å². The van der Waals surface area contributed by atoms with E-state index in [9.17, 15) is 24.0 Å². The molecule has 0 aliphatic rings. The highest BCUT2D eigenvalue weighted by atomic mass is 16.6. The van der Waals surface area contributed by atoms with Crippen LogP contribution >= 0.6 is 0 Å². The van der Waals surface area contributed by atoms with Crippen LogP contribution in [0.4, 0.5) is 9.59 Å². The molecule has 1 aromatic carbocycles. The first-order valence-corrected chi connectivity index (χ1v) is 14.7. The molecule has 14 heteroatoms. The van der Waals surface area contributed by atoms with Crippen molar-refractivity contribution in [1.29, 1.82) is 0 Å². The van der Waals surface area contributed by atoms with E-state index in [0.29, 0.717) is 11.5 Å². The minimum Gasteiger partial charge on any atom is -0.492 e. The molecule has 0 saturated heterocycles. The quantitative estimate of drug-likeness (QED) is 0.156. The summed E-state index contributed by atoms with van der Waals surface area (Å²) >= 11 is 0. The van der Waals surface area contributed by atoms with Crippen LogP contribution in [-0.2, 0) is 23.8 Å². The number of rotatable bonds is 14. The molecule has 14 nitrogen and oxygen atoms in total. The van der Waals surface area contributed by atoms with Crippen molar-refractivity contribution in [2.45, 2.75) is 86.0 Å². The Labute approximate surface area is 265 Å². The summed E-state index contributed by atoms with van der Waals surface area (Å²) in [5.74, 6) is -0.804. The normalized spacial score (nSPS) is 11.5. The number of benzene rings is 1. The summed E-state index contributed by atoms with van der Waals surface area (Å²) in [5, 5.41) is 7.90. The van der Waals surface area contributed by atoms with Gasteiger partial charge in [-0.1, -0.05) is 0 Å². The summed E-state index contributed by atoms with van der Waals surface area (Å²) in [5.41, 5.74) is -1.79.